The Morgan fingerprint density at radius 1 is 1.60 bits per heavy atom. The molecule has 0 unspecified atom stereocenters. The van der Waals surface area contributed by atoms with E-state index in [1.54, 1.807) is 6.07 Å². The van der Waals surface area contributed by atoms with E-state index in [0.29, 0.717) is 5.75 Å². The van der Waals surface area contributed by atoms with Crippen molar-refractivity contribution in [3.8, 4) is 18.1 Å². The summed E-state index contributed by atoms with van der Waals surface area (Å²) in [6, 6.07) is 4.60. The monoisotopic (exact) mass is 336 g/mol. The van der Waals surface area contributed by atoms with Gasteiger partial charge in [0.15, 0.2) is 0 Å². The summed E-state index contributed by atoms with van der Waals surface area (Å²) in [6.45, 7) is 0.235. The number of primary amides is 1. The van der Waals surface area contributed by atoms with Gasteiger partial charge in [-0.05, 0) is 18.2 Å². The normalized spacial score (nSPS) is 17.5. The van der Waals surface area contributed by atoms with E-state index in [4.69, 9.17) is 16.9 Å². The van der Waals surface area contributed by atoms with E-state index in [9.17, 15) is 9.59 Å². The zero-order chi connectivity index (χ0) is 14.7. The van der Waals surface area contributed by atoms with Crippen LogP contribution in [0.1, 0.15) is 17.9 Å². The molecule has 1 aliphatic heterocycles. The highest BCUT2D eigenvalue weighted by atomic mass is 79.9. The SMILES string of the molecule is C#CC[C@H](NC(=O)[C@@H]1COc2ccc(Br)cc21)C(N)=O. The highest BCUT2D eigenvalue weighted by Gasteiger charge is 2.32. The maximum absolute atomic E-state index is 12.2. The van der Waals surface area contributed by atoms with Gasteiger partial charge < -0.3 is 15.8 Å². The lowest BCUT2D eigenvalue weighted by Crippen LogP contribution is -2.46. The van der Waals surface area contributed by atoms with E-state index in [-0.39, 0.29) is 18.9 Å². The number of nitrogens with two attached hydrogens (primary N) is 1. The summed E-state index contributed by atoms with van der Waals surface area (Å²) in [5.74, 6) is 1.55. The maximum Gasteiger partial charge on any atom is 0.240 e. The van der Waals surface area contributed by atoms with Gasteiger partial charge in [0.25, 0.3) is 0 Å². The van der Waals surface area contributed by atoms with Gasteiger partial charge in [0.2, 0.25) is 11.8 Å². The van der Waals surface area contributed by atoms with Gasteiger partial charge in [-0.3, -0.25) is 9.59 Å². The van der Waals surface area contributed by atoms with Gasteiger partial charge in [-0.15, -0.1) is 12.3 Å². The zero-order valence-corrected chi connectivity index (χ0v) is 12.1. The quantitative estimate of drug-likeness (QED) is 0.802. The van der Waals surface area contributed by atoms with Crippen molar-refractivity contribution in [2.24, 2.45) is 5.73 Å². The molecule has 0 fully saturated rings. The van der Waals surface area contributed by atoms with Crippen LogP contribution in [0.4, 0.5) is 0 Å². The summed E-state index contributed by atoms with van der Waals surface area (Å²) in [6.07, 6.45) is 5.22. The molecule has 1 aromatic rings. The lowest BCUT2D eigenvalue weighted by Gasteiger charge is -2.15. The van der Waals surface area contributed by atoms with Gasteiger partial charge in [0, 0.05) is 16.5 Å². The van der Waals surface area contributed by atoms with E-state index >= 15 is 0 Å². The van der Waals surface area contributed by atoms with Crippen LogP contribution in [0.5, 0.6) is 5.75 Å². The molecule has 3 N–H and O–H groups in total. The van der Waals surface area contributed by atoms with Crippen molar-refractivity contribution in [3.05, 3.63) is 28.2 Å². The van der Waals surface area contributed by atoms with Crippen molar-refractivity contribution in [3.63, 3.8) is 0 Å². The lowest BCUT2D eigenvalue weighted by molar-refractivity contribution is -0.128. The number of amides is 2. The van der Waals surface area contributed by atoms with Crippen molar-refractivity contribution >= 4 is 27.7 Å². The molecule has 20 heavy (non-hydrogen) atoms. The fourth-order valence-corrected chi connectivity index (χ4v) is 2.39. The molecule has 2 atom stereocenters. The predicted molar refractivity (Wildman–Crippen MR) is 77.0 cm³/mol. The molecule has 1 aromatic carbocycles. The summed E-state index contributed by atoms with van der Waals surface area (Å²) < 4.78 is 6.31. The highest BCUT2D eigenvalue weighted by Crippen LogP contribution is 2.35. The topological polar surface area (TPSA) is 81.4 Å². The van der Waals surface area contributed by atoms with Crippen LogP contribution >= 0.6 is 15.9 Å². The molecule has 0 aromatic heterocycles. The maximum atomic E-state index is 12.2. The summed E-state index contributed by atoms with van der Waals surface area (Å²) in [4.78, 5) is 23.4. The molecule has 5 nitrogen and oxygen atoms in total. The largest absolute Gasteiger partial charge is 0.492 e. The smallest absolute Gasteiger partial charge is 0.240 e. The van der Waals surface area contributed by atoms with Crippen molar-refractivity contribution in [2.45, 2.75) is 18.4 Å². The van der Waals surface area contributed by atoms with Crippen molar-refractivity contribution in [2.75, 3.05) is 6.61 Å². The molecule has 6 heteroatoms. The minimum atomic E-state index is -0.858. The number of fused-ring (bicyclic) bond motifs is 1. The summed E-state index contributed by atoms with van der Waals surface area (Å²) in [5, 5.41) is 2.57. The Bertz CT molecular complexity index is 595. The molecule has 1 heterocycles. The number of carbonyl (C=O) groups is 2. The van der Waals surface area contributed by atoms with Crippen molar-refractivity contribution in [1.82, 2.24) is 5.32 Å². The first kappa shape index (κ1) is 14.4. The number of hydrogen-bond acceptors (Lipinski definition) is 3. The fraction of sp³-hybridized carbons (Fsp3) is 0.286. The highest BCUT2D eigenvalue weighted by molar-refractivity contribution is 9.10. The number of halogens is 1. The van der Waals surface area contributed by atoms with E-state index < -0.39 is 17.9 Å². The van der Waals surface area contributed by atoms with Gasteiger partial charge in [-0.25, -0.2) is 0 Å². The molecule has 0 spiro atoms. The molecule has 104 valence electrons. The Labute approximate surface area is 125 Å². The van der Waals surface area contributed by atoms with Gasteiger partial charge in [0.1, 0.15) is 24.3 Å². The number of hydrogen-bond donors (Lipinski definition) is 2. The Morgan fingerprint density at radius 3 is 3.00 bits per heavy atom. The van der Waals surface area contributed by atoms with Crippen LogP contribution in [0.3, 0.4) is 0 Å². The van der Waals surface area contributed by atoms with Crippen LogP contribution in [-0.4, -0.2) is 24.5 Å². The molecule has 0 radical (unpaired) electrons. The number of terminal acetylenes is 1. The van der Waals surface area contributed by atoms with Crippen molar-refractivity contribution in [1.29, 1.82) is 0 Å². The predicted octanol–water partition coefficient (Wildman–Crippen LogP) is 0.919. The summed E-state index contributed by atoms with van der Waals surface area (Å²) in [7, 11) is 0. The first-order valence-electron chi connectivity index (χ1n) is 5.98. The molecule has 0 saturated carbocycles. The molecule has 2 amide bonds. The Kier molecular flexibility index (Phi) is 4.30. The molecule has 0 saturated heterocycles. The third kappa shape index (κ3) is 2.94. The fourth-order valence-electron chi connectivity index (χ4n) is 2.02. The number of benzene rings is 1. The standard InChI is InChI=1S/C14H13BrN2O3/c1-2-3-11(13(16)18)17-14(19)10-7-20-12-5-4-8(15)6-9(10)12/h1,4-6,10-11H,3,7H2,(H2,16,18)(H,17,19)/t10-,11+/m1/s1. The van der Waals surface area contributed by atoms with Crippen LogP contribution in [0, 0.1) is 12.3 Å². The number of ether oxygens (including phenoxy) is 1. The van der Waals surface area contributed by atoms with Gasteiger partial charge in [0.05, 0.1) is 0 Å². The molecule has 1 aliphatic rings. The second kappa shape index (κ2) is 5.97. The van der Waals surface area contributed by atoms with Gasteiger partial charge in [-0.2, -0.15) is 0 Å². The lowest BCUT2D eigenvalue weighted by atomic mass is 10.00. The zero-order valence-electron chi connectivity index (χ0n) is 10.6. The van der Waals surface area contributed by atoms with Crippen LogP contribution in [0.15, 0.2) is 22.7 Å². The third-order valence-corrected chi connectivity index (χ3v) is 3.54. The van der Waals surface area contributed by atoms with Gasteiger partial charge >= 0.3 is 0 Å². The van der Waals surface area contributed by atoms with E-state index in [1.807, 2.05) is 12.1 Å². The second-order valence-electron chi connectivity index (χ2n) is 4.42. The van der Waals surface area contributed by atoms with Crippen LogP contribution in [0.2, 0.25) is 0 Å². The average molecular weight is 337 g/mol. The Balaban J connectivity index is 2.14. The van der Waals surface area contributed by atoms with Gasteiger partial charge in [-0.1, -0.05) is 15.9 Å². The van der Waals surface area contributed by atoms with Crippen LogP contribution in [0.25, 0.3) is 0 Å². The Morgan fingerprint density at radius 2 is 2.35 bits per heavy atom. The molecule has 0 bridgehead atoms. The Hall–Kier alpha value is -2.00. The second-order valence-corrected chi connectivity index (χ2v) is 5.33. The van der Waals surface area contributed by atoms with Crippen LogP contribution in [-0.2, 0) is 9.59 Å². The average Bonchev–Trinajstić information content (AvgIpc) is 2.80. The first-order chi connectivity index (χ1) is 9.52. The molecular weight excluding hydrogens is 324 g/mol. The molecule has 2 rings (SSSR count). The summed E-state index contributed by atoms with van der Waals surface area (Å²) in [5.41, 5.74) is 5.98. The summed E-state index contributed by atoms with van der Waals surface area (Å²) >= 11 is 3.35. The minimum Gasteiger partial charge on any atom is -0.492 e. The van der Waals surface area contributed by atoms with E-state index in [1.165, 1.54) is 0 Å². The molecular formula is C14H13BrN2O3. The third-order valence-electron chi connectivity index (χ3n) is 3.05. The first-order valence-corrected chi connectivity index (χ1v) is 6.77. The number of rotatable bonds is 4. The molecule has 0 aliphatic carbocycles. The van der Waals surface area contributed by atoms with Crippen molar-refractivity contribution < 1.29 is 14.3 Å². The number of carbonyl (C=O) groups excluding carboxylic acids is 2. The van der Waals surface area contributed by atoms with E-state index in [0.717, 1.165) is 10.0 Å². The number of nitrogens with one attached hydrogen (secondary N) is 1. The van der Waals surface area contributed by atoms with E-state index in [2.05, 4.69) is 27.2 Å². The minimum absolute atomic E-state index is 0.0694. The van der Waals surface area contributed by atoms with Crippen LogP contribution < -0.4 is 15.8 Å².